The van der Waals surface area contributed by atoms with Gasteiger partial charge in [-0.2, -0.15) is 0 Å². The van der Waals surface area contributed by atoms with Gasteiger partial charge in [0.15, 0.2) is 0 Å². The van der Waals surface area contributed by atoms with E-state index in [1.165, 1.54) is 4.90 Å². The highest BCUT2D eigenvalue weighted by Crippen LogP contribution is 2.13. The molecule has 0 saturated heterocycles. The molecule has 0 unspecified atom stereocenters. The third-order valence-electron chi connectivity index (χ3n) is 2.68. The van der Waals surface area contributed by atoms with Crippen LogP contribution in [0.25, 0.3) is 0 Å². The molecule has 0 aliphatic heterocycles. The zero-order valence-electron chi connectivity index (χ0n) is 11.4. The molecule has 1 aromatic rings. The van der Waals surface area contributed by atoms with Gasteiger partial charge in [-0.3, -0.25) is 9.59 Å². The van der Waals surface area contributed by atoms with Crippen molar-refractivity contribution in [2.75, 3.05) is 20.2 Å². The van der Waals surface area contributed by atoms with Gasteiger partial charge >= 0.3 is 0 Å². The minimum Gasteiger partial charge on any atom is -0.494 e. The molecular weight excluding hydrogens is 244 g/mol. The van der Waals surface area contributed by atoms with Crippen molar-refractivity contribution in [1.82, 2.24) is 4.90 Å². The standard InChI is InChI=1S/C14H20N2O3/c1-3-19-12-7-4-11(5-8-12)6-9-14(18)16(2)10-13(15)17/h4-5,7-8H,3,6,9-10H2,1-2H3,(H2,15,17). The third-order valence-corrected chi connectivity index (χ3v) is 2.68. The number of carbonyl (C=O) groups is 2. The number of amides is 2. The van der Waals surface area contributed by atoms with Crippen molar-refractivity contribution in [3.05, 3.63) is 29.8 Å². The topological polar surface area (TPSA) is 72.6 Å². The SMILES string of the molecule is CCOc1ccc(CCC(=O)N(C)CC(N)=O)cc1. The van der Waals surface area contributed by atoms with Crippen LogP contribution in [0, 0.1) is 0 Å². The summed E-state index contributed by atoms with van der Waals surface area (Å²) >= 11 is 0. The van der Waals surface area contributed by atoms with E-state index >= 15 is 0 Å². The van der Waals surface area contributed by atoms with Crippen LogP contribution in [0.3, 0.4) is 0 Å². The Labute approximate surface area is 113 Å². The van der Waals surface area contributed by atoms with E-state index in [9.17, 15) is 9.59 Å². The van der Waals surface area contributed by atoms with E-state index in [1.807, 2.05) is 31.2 Å². The molecule has 1 rings (SSSR count). The lowest BCUT2D eigenvalue weighted by molar-refractivity contribution is -0.133. The summed E-state index contributed by atoms with van der Waals surface area (Å²) in [6.45, 7) is 2.53. The summed E-state index contributed by atoms with van der Waals surface area (Å²) in [5, 5.41) is 0. The Morgan fingerprint density at radius 3 is 2.42 bits per heavy atom. The number of nitrogens with zero attached hydrogens (tertiary/aromatic N) is 1. The summed E-state index contributed by atoms with van der Waals surface area (Å²) in [6, 6.07) is 7.64. The summed E-state index contributed by atoms with van der Waals surface area (Å²) in [5.74, 6) is 0.230. The molecule has 2 amide bonds. The van der Waals surface area contributed by atoms with Crippen molar-refractivity contribution in [3.8, 4) is 5.75 Å². The first-order chi connectivity index (χ1) is 9.02. The first-order valence-electron chi connectivity index (χ1n) is 6.27. The van der Waals surface area contributed by atoms with Crippen LogP contribution in [0.5, 0.6) is 5.75 Å². The second kappa shape index (κ2) is 7.41. The van der Waals surface area contributed by atoms with Crippen LogP contribution < -0.4 is 10.5 Å². The molecule has 0 aliphatic rings. The number of likely N-dealkylation sites (N-methyl/N-ethyl adjacent to an activating group) is 1. The molecule has 0 atom stereocenters. The van der Waals surface area contributed by atoms with Gasteiger partial charge in [-0.25, -0.2) is 0 Å². The highest BCUT2D eigenvalue weighted by atomic mass is 16.5. The zero-order valence-corrected chi connectivity index (χ0v) is 11.4. The minimum atomic E-state index is -0.503. The van der Waals surface area contributed by atoms with Gasteiger partial charge in [0.1, 0.15) is 5.75 Å². The maximum atomic E-state index is 11.7. The van der Waals surface area contributed by atoms with E-state index in [1.54, 1.807) is 7.05 Å². The Kier molecular flexibility index (Phi) is 5.85. The molecule has 19 heavy (non-hydrogen) atoms. The highest BCUT2D eigenvalue weighted by Gasteiger charge is 2.10. The molecule has 0 aliphatic carbocycles. The predicted octanol–water partition coefficient (Wildman–Crippen LogP) is 0.962. The molecular formula is C14H20N2O3. The van der Waals surface area contributed by atoms with Crippen LogP contribution in [0.4, 0.5) is 0 Å². The molecule has 0 saturated carbocycles. The van der Waals surface area contributed by atoms with Crippen molar-refractivity contribution >= 4 is 11.8 Å². The van der Waals surface area contributed by atoms with Crippen LogP contribution in [-0.2, 0) is 16.0 Å². The van der Waals surface area contributed by atoms with E-state index in [4.69, 9.17) is 10.5 Å². The van der Waals surface area contributed by atoms with Gasteiger partial charge in [0.2, 0.25) is 11.8 Å². The van der Waals surface area contributed by atoms with Crippen LogP contribution >= 0.6 is 0 Å². The van der Waals surface area contributed by atoms with Crippen LogP contribution in [0.15, 0.2) is 24.3 Å². The third kappa shape index (κ3) is 5.42. The van der Waals surface area contributed by atoms with Crippen LogP contribution in [0.1, 0.15) is 18.9 Å². The maximum absolute atomic E-state index is 11.7. The quantitative estimate of drug-likeness (QED) is 0.797. The van der Waals surface area contributed by atoms with Gasteiger partial charge in [-0.1, -0.05) is 12.1 Å². The van der Waals surface area contributed by atoms with Crippen molar-refractivity contribution in [3.63, 3.8) is 0 Å². The fraction of sp³-hybridized carbons (Fsp3) is 0.429. The molecule has 2 N–H and O–H groups in total. The largest absolute Gasteiger partial charge is 0.494 e. The average Bonchev–Trinajstić information content (AvgIpc) is 2.37. The summed E-state index contributed by atoms with van der Waals surface area (Å²) in [5.41, 5.74) is 6.10. The van der Waals surface area contributed by atoms with Crippen LogP contribution in [-0.4, -0.2) is 36.9 Å². The number of primary amides is 1. The molecule has 0 fully saturated rings. The van der Waals surface area contributed by atoms with E-state index in [0.29, 0.717) is 19.4 Å². The number of carbonyl (C=O) groups excluding carboxylic acids is 2. The predicted molar refractivity (Wildman–Crippen MR) is 72.8 cm³/mol. The normalized spacial score (nSPS) is 10.0. The average molecular weight is 264 g/mol. The number of benzene rings is 1. The van der Waals surface area contributed by atoms with Crippen molar-refractivity contribution in [2.45, 2.75) is 19.8 Å². The lowest BCUT2D eigenvalue weighted by Gasteiger charge is -2.14. The van der Waals surface area contributed by atoms with Crippen molar-refractivity contribution in [2.24, 2.45) is 5.73 Å². The fourth-order valence-corrected chi connectivity index (χ4v) is 1.68. The summed E-state index contributed by atoms with van der Waals surface area (Å²) in [4.78, 5) is 23.8. The molecule has 104 valence electrons. The smallest absolute Gasteiger partial charge is 0.237 e. The molecule has 5 nitrogen and oxygen atoms in total. The van der Waals surface area contributed by atoms with Gasteiger partial charge in [0.05, 0.1) is 13.2 Å². The fourth-order valence-electron chi connectivity index (χ4n) is 1.68. The van der Waals surface area contributed by atoms with Crippen molar-refractivity contribution in [1.29, 1.82) is 0 Å². The first-order valence-corrected chi connectivity index (χ1v) is 6.27. The summed E-state index contributed by atoms with van der Waals surface area (Å²) in [6.07, 6.45) is 0.992. The van der Waals surface area contributed by atoms with E-state index in [-0.39, 0.29) is 12.5 Å². The number of nitrogens with two attached hydrogens (primary N) is 1. The second-order valence-corrected chi connectivity index (χ2v) is 4.29. The second-order valence-electron chi connectivity index (χ2n) is 4.29. The molecule has 0 aromatic heterocycles. The summed E-state index contributed by atoms with van der Waals surface area (Å²) in [7, 11) is 1.57. The molecule has 5 heteroatoms. The Morgan fingerprint density at radius 1 is 1.26 bits per heavy atom. The van der Waals surface area contributed by atoms with Gasteiger partial charge in [0, 0.05) is 13.5 Å². The molecule has 0 bridgehead atoms. The monoisotopic (exact) mass is 264 g/mol. The van der Waals surface area contributed by atoms with Crippen molar-refractivity contribution < 1.29 is 14.3 Å². The van der Waals surface area contributed by atoms with Gasteiger partial charge in [-0.05, 0) is 31.0 Å². The summed E-state index contributed by atoms with van der Waals surface area (Å²) < 4.78 is 5.34. The van der Waals surface area contributed by atoms with Gasteiger partial charge < -0.3 is 15.4 Å². The van der Waals surface area contributed by atoms with E-state index in [0.717, 1.165) is 11.3 Å². The zero-order chi connectivity index (χ0) is 14.3. The maximum Gasteiger partial charge on any atom is 0.237 e. The molecule has 0 radical (unpaired) electrons. The van der Waals surface area contributed by atoms with Gasteiger partial charge in [-0.15, -0.1) is 0 Å². The first kappa shape index (κ1) is 15.0. The van der Waals surface area contributed by atoms with E-state index in [2.05, 4.69) is 0 Å². The molecule has 1 aromatic carbocycles. The number of ether oxygens (including phenoxy) is 1. The Balaban J connectivity index is 2.43. The number of rotatable bonds is 7. The Morgan fingerprint density at radius 2 is 1.89 bits per heavy atom. The lowest BCUT2D eigenvalue weighted by atomic mass is 10.1. The lowest BCUT2D eigenvalue weighted by Crippen LogP contribution is -2.35. The number of hydrogen-bond donors (Lipinski definition) is 1. The Bertz CT molecular complexity index is 429. The number of hydrogen-bond acceptors (Lipinski definition) is 3. The minimum absolute atomic E-state index is 0.0396. The number of aryl methyl sites for hydroxylation is 1. The van der Waals surface area contributed by atoms with E-state index < -0.39 is 5.91 Å². The highest BCUT2D eigenvalue weighted by molar-refractivity contribution is 5.83. The molecule has 0 spiro atoms. The Hall–Kier alpha value is -2.04. The molecule has 0 heterocycles. The van der Waals surface area contributed by atoms with Gasteiger partial charge in [0.25, 0.3) is 0 Å². The van der Waals surface area contributed by atoms with Crippen LogP contribution in [0.2, 0.25) is 0 Å².